The van der Waals surface area contributed by atoms with Crippen molar-refractivity contribution < 1.29 is 19.5 Å². The van der Waals surface area contributed by atoms with E-state index in [2.05, 4.69) is 14.1 Å². The van der Waals surface area contributed by atoms with Crippen LogP contribution < -0.4 is 11.1 Å². The highest BCUT2D eigenvalue weighted by Gasteiger charge is 2.31. The number of ketones is 1. The topological polar surface area (TPSA) is 139 Å². The largest absolute Gasteiger partial charge is 0.374 e. The smallest absolute Gasteiger partial charge is 0.287 e. The summed E-state index contributed by atoms with van der Waals surface area (Å²) in [5, 5.41) is 13.6. The second-order valence-electron chi connectivity index (χ2n) is 9.08. The Kier molecular flexibility index (Phi) is 7.36. The number of nitrogens with two attached hydrogens (primary N) is 1. The first-order valence-corrected chi connectivity index (χ1v) is 12.7. The molecule has 0 radical (unpaired) electrons. The molecule has 38 heavy (non-hydrogen) atoms. The van der Waals surface area contributed by atoms with Gasteiger partial charge >= 0.3 is 0 Å². The minimum Gasteiger partial charge on any atom is -0.374 e. The van der Waals surface area contributed by atoms with E-state index in [4.69, 9.17) is 5.73 Å². The summed E-state index contributed by atoms with van der Waals surface area (Å²) in [6.45, 7) is 1.18. The third-order valence-corrected chi connectivity index (χ3v) is 7.02. The van der Waals surface area contributed by atoms with Gasteiger partial charge in [0.05, 0.1) is 11.7 Å². The molecule has 4 N–H and O–H groups in total. The van der Waals surface area contributed by atoms with E-state index < -0.39 is 29.9 Å². The highest BCUT2D eigenvalue weighted by Crippen LogP contribution is 2.36. The van der Waals surface area contributed by atoms with Gasteiger partial charge in [-0.25, -0.2) is 0 Å². The zero-order chi connectivity index (χ0) is 26.6. The van der Waals surface area contributed by atoms with Crippen LogP contribution in [0, 0.1) is 0 Å². The zero-order valence-electron chi connectivity index (χ0n) is 20.3. The monoisotopic (exact) mass is 527 g/mol. The molecule has 5 rings (SSSR count). The van der Waals surface area contributed by atoms with Crippen molar-refractivity contribution in [3.8, 4) is 11.3 Å². The lowest BCUT2D eigenvalue weighted by Gasteiger charge is -2.20. The third-order valence-electron chi connectivity index (χ3n) is 6.50. The average Bonchev–Trinajstić information content (AvgIpc) is 3.54. The van der Waals surface area contributed by atoms with Crippen molar-refractivity contribution >= 4 is 29.3 Å². The van der Waals surface area contributed by atoms with Gasteiger partial charge in [0.1, 0.15) is 18.0 Å². The number of aliphatic hydroxyl groups excluding tert-OH is 1. The maximum atomic E-state index is 13.2. The molecular weight excluding hydrogens is 502 g/mol. The van der Waals surface area contributed by atoms with Crippen molar-refractivity contribution in [2.45, 2.75) is 31.8 Å². The number of fused-ring (bicyclic) bond motifs is 1. The minimum absolute atomic E-state index is 0.0268. The molecule has 0 fully saturated rings. The minimum atomic E-state index is -1.15. The first-order chi connectivity index (χ1) is 18.4. The van der Waals surface area contributed by atoms with Gasteiger partial charge in [-0.05, 0) is 22.8 Å². The van der Waals surface area contributed by atoms with E-state index in [9.17, 15) is 19.5 Å². The number of carbonyl (C=O) groups excluding carboxylic acids is 3. The molecule has 3 aromatic carbocycles. The summed E-state index contributed by atoms with van der Waals surface area (Å²) in [5.41, 5.74) is 9.79. The summed E-state index contributed by atoms with van der Waals surface area (Å²) in [4.78, 5) is 39.3. The first-order valence-electron chi connectivity index (χ1n) is 12.0. The molecule has 1 aliphatic rings. The highest BCUT2D eigenvalue weighted by atomic mass is 32.1. The van der Waals surface area contributed by atoms with Crippen molar-refractivity contribution in [2.75, 3.05) is 0 Å². The Morgan fingerprint density at radius 1 is 1.00 bits per heavy atom. The van der Waals surface area contributed by atoms with E-state index in [0.29, 0.717) is 24.3 Å². The van der Waals surface area contributed by atoms with Crippen LogP contribution in [0.3, 0.4) is 0 Å². The molecule has 0 spiro atoms. The number of rotatable bonds is 9. The summed E-state index contributed by atoms with van der Waals surface area (Å²) in [5.74, 6) is -2.67. The fourth-order valence-electron chi connectivity index (χ4n) is 4.57. The second-order valence-corrected chi connectivity index (χ2v) is 9.61. The molecule has 1 aliphatic heterocycles. The number of nitrogens with zero attached hydrogens (tertiary/aromatic N) is 3. The summed E-state index contributed by atoms with van der Waals surface area (Å²) in [7, 11) is 0. The van der Waals surface area contributed by atoms with Gasteiger partial charge in [-0.2, -0.15) is 8.75 Å². The predicted molar refractivity (Wildman–Crippen MR) is 142 cm³/mol. The molecule has 2 unspecified atom stereocenters. The number of amides is 2. The van der Waals surface area contributed by atoms with Crippen LogP contribution >= 0.6 is 11.7 Å². The number of aliphatic hydroxyl groups is 1. The van der Waals surface area contributed by atoms with Crippen molar-refractivity contribution in [3.05, 3.63) is 107 Å². The Morgan fingerprint density at radius 2 is 1.68 bits per heavy atom. The van der Waals surface area contributed by atoms with Crippen molar-refractivity contribution in [1.82, 2.24) is 19.0 Å². The van der Waals surface area contributed by atoms with E-state index in [0.717, 1.165) is 34.0 Å². The lowest BCUT2D eigenvalue weighted by Crippen LogP contribution is -2.47. The summed E-state index contributed by atoms with van der Waals surface area (Å²) in [6, 6.07) is 23.3. The van der Waals surface area contributed by atoms with E-state index in [1.54, 1.807) is 24.3 Å². The normalized spacial score (nSPS) is 15.6. The number of aromatic nitrogens is 2. The van der Waals surface area contributed by atoms with Crippen molar-refractivity contribution in [1.29, 1.82) is 0 Å². The fraction of sp³-hybridized carbons (Fsp3) is 0.179. The van der Waals surface area contributed by atoms with Crippen LogP contribution in [0.25, 0.3) is 11.3 Å². The number of nitrogens with one attached hydrogen (secondary N) is 1. The van der Waals surface area contributed by atoms with Gasteiger partial charge in [0.15, 0.2) is 5.69 Å². The van der Waals surface area contributed by atoms with E-state index in [1.165, 1.54) is 0 Å². The number of primary amides is 1. The third kappa shape index (κ3) is 5.37. The molecule has 2 amide bonds. The van der Waals surface area contributed by atoms with Gasteiger partial charge in [-0.1, -0.05) is 72.8 Å². The lowest BCUT2D eigenvalue weighted by molar-refractivity contribution is -0.137. The summed E-state index contributed by atoms with van der Waals surface area (Å²) < 4.78 is 8.47. The van der Waals surface area contributed by atoms with Crippen LogP contribution in [0.1, 0.15) is 39.0 Å². The van der Waals surface area contributed by atoms with Gasteiger partial charge in [-0.15, -0.1) is 0 Å². The molecule has 192 valence electrons. The molecule has 2 heterocycles. The van der Waals surface area contributed by atoms with Gasteiger partial charge in [0.25, 0.3) is 11.8 Å². The van der Waals surface area contributed by atoms with Crippen LogP contribution in [0.4, 0.5) is 0 Å². The maximum Gasteiger partial charge on any atom is 0.287 e. The molecule has 0 saturated carbocycles. The zero-order valence-corrected chi connectivity index (χ0v) is 21.1. The van der Waals surface area contributed by atoms with Crippen molar-refractivity contribution in [3.63, 3.8) is 0 Å². The molecule has 1 aromatic heterocycles. The van der Waals surface area contributed by atoms with Crippen LogP contribution in [0.15, 0.2) is 78.9 Å². The van der Waals surface area contributed by atoms with Gasteiger partial charge < -0.3 is 16.2 Å². The molecule has 2 atom stereocenters. The van der Waals surface area contributed by atoms with E-state index in [1.807, 2.05) is 59.5 Å². The van der Waals surface area contributed by atoms with E-state index in [-0.39, 0.29) is 12.1 Å². The molecule has 0 bridgehead atoms. The highest BCUT2D eigenvalue weighted by molar-refractivity contribution is 6.99. The molecule has 10 heteroatoms. The van der Waals surface area contributed by atoms with Gasteiger partial charge in [0.2, 0.25) is 5.78 Å². The van der Waals surface area contributed by atoms with Crippen LogP contribution in [0.2, 0.25) is 0 Å². The number of hydrogen-bond donors (Lipinski definition) is 3. The fourth-order valence-corrected chi connectivity index (χ4v) is 5.14. The Bertz CT molecular complexity index is 1480. The van der Waals surface area contributed by atoms with Crippen LogP contribution in [0.5, 0.6) is 0 Å². The predicted octanol–water partition coefficient (Wildman–Crippen LogP) is 2.61. The molecule has 0 aliphatic carbocycles. The average molecular weight is 528 g/mol. The quantitative estimate of drug-likeness (QED) is 0.284. The summed E-state index contributed by atoms with van der Waals surface area (Å²) in [6.07, 6.45) is -0.707. The lowest BCUT2D eigenvalue weighted by atomic mass is 10.0. The van der Waals surface area contributed by atoms with Crippen molar-refractivity contribution in [2.24, 2.45) is 5.73 Å². The number of benzene rings is 3. The summed E-state index contributed by atoms with van der Waals surface area (Å²) >= 11 is 0.861. The SMILES string of the molecule is NC(=O)C(=O)C(Cc1ccccc1)NC(=O)c1nsnc1-c1ccc2c(c1)C(O)N(Cc1ccccc1)C2. The Hall–Kier alpha value is -4.25. The van der Waals surface area contributed by atoms with Crippen LogP contribution in [-0.4, -0.2) is 42.4 Å². The molecule has 9 nitrogen and oxygen atoms in total. The Morgan fingerprint density at radius 3 is 2.37 bits per heavy atom. The standard InChI is InChI=1S/C28H25N5O4S/c29-26(35)25(34)22(13-17-7-3-1-4-8-17)30-27(36)24-23(31-38-32-24)19-11-12-20-16-33(28(37)21(20)14-19)15-18-9-5-2-6-10-18/h1-12,14,22,28,37H,13,15-16H2,(H2,29,35)(H,30,36). The van der Waals surface area contributed by atoms with E-state index >= 15 is 0 Å². The van der Waals surface area contributed by atoms with Gasteiger partial charge in [-0.3, -0.25) is 19.3 Å². The molecular formula is C28H25N5O4S. The second kappa shape index (κ2) is 11.0. The van der Waals surface area contributed by atoms with Gasteiger partial charge in [0, 0.05) is 30.6 Å². The number of hydrogen-bond acceptors (Lipinski definition) is 8. The number of Topliss-reactive ketones (excluding diaryl/α,β-unsaturated/α-hetero) is 1. The molecule has 4 aromatic rings. The number of carbonyl (C=O) groups is 3. The first kappa shape index (κ1) is 25.4. The Balaban J connectivity index is 1.36. The Labute approximate surface area is 223 Å². The maximum absolute atomic E-state index is 13.2. The molecule has 0 saturated heterocycles. The van der Waals surface area contributed by atoms with Crippen LogP contribution in [-0.2, 0) is 29.1 Å².